The van der Waals surface area contributed by atoms with Crippen molar-refractivity contribution in [2.75, 3.05) is 0 Å². The molecule has 3 unspecified atom stereocenters. The molecule has 4 N–H and O–H groups in total. The van der Waals surface area contributed by atoms with Crippen molar-refractivity contribution in [2.24, 2.45) is 0 Å². The monoisotopic (exact) mass is 340 g/mol. The van der Waals surface area contributed by atoms with Crippen molar-refractivity contribution in [1.82, 2.24) is 0 Å². The van der Waals surface area contributed by atoms with E-state index in [-0.39, 0.29) is 0 Å². The van der Waals surface area contributed by atoms with Gasteiger partial charge in [0.25, 0.3) is 0 Å². The van der Waals surface area contributed by atoms with Crippen molar-refractivity contribution in [3.63, 3.8) is 0 Å². The molecular formula is C20H36O4. The molecule has 4 nitrogen and oxygen atoms in total. The van der Waals surface area contributed by atoms with E-state index < -0.39 is 22.9 Å². The van der Waals surface area contributed by atoms with Crippen LogP contribution in [-0.4, -0.2) is 43.3 Å². The van der Waals surface area contributed by atoms with E-state index in [4.69, 9.17) is 0 Å². The van der Waals surface area contributed by atoms with Gasteiger partial charge in [-0.05, 0) is 53.9 Å². The summed E-state index contributed by atoms with van der Waals surface area (Å²) in [5, 5.41) is 37.6. The minimum Gasteiger partial charge on any atom is -0.389 e. The molecule has 0 aromatic heterocycles. The molecule has 140 valence electrons. The van der Waals surface area contributed by atoms with Gasteiger partial charge in [-0.3, -0.25) is 0 Å². The quantitative estimate of drug-likeness (QED) is 0.486. The van der Waals surface area contributed by atoms with Crippen molar-refractivity contribution in [1.29, 1.82) is 0 Å². The zero-order valence-electron chi connectivity index (χ0n) is 15.9. The summed E-state index contributed by atoms with van der Waals surface area (Å²) < 4.78 is 0. The third-order valence-electron chi connectivity index (χ3n) is 3.43. The van der Waals surface area contributed by atoms with Gasteiger partial charge in [0.2, 0.25) is 0 Å². The first kappa shape index (κ1) is 25.0. The Balaban J connectivity index is 0. The average molecular weight is 341 g/mol. The minimum atomic E-state index is -0.879. The van der Waals surface area contributed by atoms with Crippen LogP contribution in [-0.2, 0) is 0 Å². The van der Waals surface area contributed by atoms with E-state index in [1.807, 2.05) is 0 Å². The summed E-state index contributed by atoms with van der Waals surface area (Å²) in [5.41, 5.74) is -1.83. The van der Waals surface area contributed by atoms with Gasteiger partial charge in [0.1, 0.15) is 0 Å². The molecule has 0 saturated carbocycles. The van der Waals surface area contributed by atoms with Crippen LogP contribution < -0.4 is 0 Å². The zero-order valence-corrected chi connectivity index (χ0v) is 15.9. The van der Waals surface area contributed by atoms with Crippen LogP contribution in [0.15, 0.2) is 49.6 Å². The van der Waals surface area contributed by atoms with E-state index in [1.54, 1.807) is 46.8 Å². The molecule has 0 radical (unpaired) electrons. The summed E-state index contributed by atoms with van der Waals surface area (Å²) in [4.78, 5) is 0. The summed E-state index contributed by atoms with van der Waals surface area (Å²) in [6.07, 6.45) is 7.36. The van der Waals surface area contributed by atoms with Gasteiger partial charge in [0.15, 0.2) is 0 Å². The van der Waals surface area contributed by atoms with E-state index in [9.17, 15) is 20.4 Å². The Morgan fingerprint density at radius 2 is 1.46 bits per heavy atom. The highest BCUT2D eigenvalue weighted by molar-refractivity contribution is 5.03. The second-order valence-electron chi connectivity index (χ2n) is 7.28. The first-order valence-corrected chi connectivity index (χ1v) is 8.11. The van der Waals surface area contributed by atoms with Crippen LogP contribution in [0.25, 0.3) is 0 Å². The third kappa shape index (κ3) is 15.7. The molecule has 0 saturated heterocycles. The lowest BCUT2D eigenvalue weighted by atomic mass is 9.96. The van der Waals surface area contributed by atoms with Crippen molar-refractivity contribution in [3.8, 4) is 0 Å². The highest BCUT2D eigenvalue weighted by Gasteiger charge is 2.17. The number of hydrogen-bond donors (Lipinski definition) is 4. The number of rotatable bonds is 9. The van der Waals surface area contributed by atoms with Crippen LogP contribution >= 0.6 is 0 Å². The molecular weight excluding hydrogens is 304 g/mol. The van der Waals surface area contributed by atoms with Crippen LogP contribution in [0.1, 0.15) is 53.9 Å². The molecule has 0 aliphatic carbocycles. The summed E-state index contributed by atoms with van der Waals surface area (Å²) in [6.45, 7) is 19.1. The molecule has 24 heavy (non-hydrogen) atoms. The summed E-state index contributed by atoms with van der Waals surface area (Å²) >= 11 is 0. The van der Waals surface area contributed by atoms with Crippen molar-refractivity contribution < 1.29 is 20.4 Å². The molecule has 4 heteroatoms. The fourth-order valence-electron chi connectivity index (χ4n) is 1.45. The number of aliphatic hydroxyl groups excluding tert-OH is 1. The van der Waals surface area contributed by atoms with E-state index >= 15 is 0 Å². The second-order valence-corrected chi connectivity index (χ2v) is 7.28. The molecule has 0 bridgehead atoms. The van der Waals surface area contributed by atoms with Gasteiger partial charge >= 0.3 is 0 Å². The normalized spacial score (nSPS) is 17.9. The SMILES string of the molecule is C=CC(C)(O)CC=CC(C)(C)O.C=CC(C)(O)CCC(O)C(=C)C. The zero-order chi connectivity index (χ0) is 19.6. The topological polar surface area (TPSA) is 80.9 Å². The van der Waals surface area contributed by atoms with E-state index in [1.165, 1.54) is 12.2 Å². The predicted molar refractivity (Wildman–Crippen MR) is 102 cm³/mol. The lowest BCUT2D eigenvalue weighted by Crippen LogP contribution is -2.23. The fourth-order valence-corrected chi connectivity index (χ4v) is 1.45. The molecule has 0 rings (SSSR count). The lowest BCUT2D eigenvalue weighted by molar-refractivity contribution is 0.0811. The van der Waals surface area contributed by atoms with E-state index in [0.717, 1.165) is 5.57 Å². The van der Waals surface area contributed by atoms with Gasteiger partial charge in [-0.2, -0.15) is 0 Å². The molecule has 0 aromatic carbocycles. The molecule has 0 aliphatic heterocycles. The van der Waals surface area contributed by atoms with Crippen LogP contribution in [0.5, 0.6) is 0 Å². The maximum Gasteiger partial charge on any atom is 0.0831 e. The first-order chi connectivity index (χ1) is 10.7. The Bertz CT molecular complexity index is 425. The Morgan fingerprint density at radius 1 is 1.00 bits per heavy atom. The largest absolute Gasteiger partial charge is 0.389 e. The molecule has 0 fully saturated rings. The summed E-state index contributed by atoms with van der Waals surface area (Å²) in [7, 11) is 0. The second kappa shape index (κ2) is 10.6. The fraction of sp³-hybridized carbons (Fsp3) is 0.600. The molecule has 0 aliphatic rings. The van der Waals surface area contributed by atoms with Gasteiger partial charge in [0, 0.05) is 0 Å². The molecule has 0 aromatic rings. The van der Waals surface area contributed by atoms with Crippen LogP contribution in [0, 0.1) is 0 Å². The first-order valence-electron chi connectivity index (χ1n) is 8.11. The van der Waals surface area contributed by atoms with Crippen LogP contribution in [0.4, 0.5) is 0 Å². The third-order valence-corrected chi connectivity index (χ3v) is 3.43. The number of hydrogen-bond acceptors (Lipinski definition) is 4. The van der Waals surface area contributed by atoms with E-state index in [0.29, 0.717) is 19.3 Å². The average Bonchev–Trinajstić information content (AvgIpc) is 2.43. The summed E-state index contributed by atoms with van der Waals surface area (Å²) in [6, 6.07) is 0. The van der Waals surface area contributed by atoms with Gasteiger partial charge < -0.3 is 20.4 Å². The van der Waals surface area contributed by atoms with Crippen LogP contribution in [0.2, 0.25) is 0 Å². The minimum absolute atomic E-state index is 0.473. The maximum atomic E-state index is 9.50. The standard InChI is InChI=1S/2C10H18O2/c1-5-10(4,12)8-6-7-9(2,3)11;1-5-10(4,12)7-6-9(11)8(2)3/h5-7,11-12H,1,8H2,2-4H3;5,9,11-12H,1-2,6-7H2,3-4H3. The van der Waals surface area contributed by atoms with Gasteiger partial charge in [-0.1, -0.05) is 36.5 Å². The van der Waals surface area contributed by atoms with Crippen molar-refractivity contribution in [2.45, 2.75) is 76.8 Å². The molecule has 0 amide bonds. The van der Waals surface area contributed by atoms with Gasteiger partial charge in [-0.15, -0.1) is 13.2 Å². The van der Waals surface area contributed by atoms with Crippen molar-refractivity contribution >= 4 is 0 Å². The Hall–Kier alpha value is -1.20. The Kier molecular flexibility index (Phi) is 11.1. The van der Waals surface area contributed by atoms with Gasteiger partial charge in [0.05, 0.1) is 22.9 Å². The van der Waals surface area contributed by atoms with Crippen LogP contribution in [0.3, 0.4) is 0 Å². The maximum absolute atomic E-state index is 9.50. The predicted octanol–water partition coefficient (Wildman–Crippen LogP) is 3.28. The Labute approximate surface area is 147 Å². The highest BCUT2D eigenvalue weighted by atomic mass is 16.3. The highest BCUT2D eigenvalue weighted by Crippen LogP contribution is 2.16. The van der Waals surface area contributed by atoms with Gasteiger partial charge in [-0.25, -0.2) is 0 Å². The molecule has 3 atom stereocenters. The summed E-state index contributed by atoms with van der Waals surface area (Å²) in [5.74, 6) is 0. The Morgan fingerprint density at radius 3 is 1.79 bits per heavy atom. The van der Waals surface area contributed by atoms with Crippen molar-refractivity contribution in [3.05, 3.63) is 49.6 Å². The van der Waals surface area contributed by atoms with E-state index in [2.05, 4.69) is 19.7 Å². The lowest BCUT2D eigenvalue weighted by Gasteiger charge is -2.20. The number of aliphatic hydroxyl groups is 4. The molecule has 0 heterocycles. The molecule has 0 spiro atoms. The smallest absolute Gasteiger partial charge is 0.0831 e.